The molecule has 2 heteroatoms. The van der Waals surface area contributed by atoms with Crippen LogP contribution in [0.15, 0.2) is 28.9 Å². The molecular formula is C11H9NO. The van der Waals surface area contributed by atoms with Gasteiger partial charge in [0.25, 0.3) is 0 Å². The molecule has 0 aliphatic carbocycles. The summed E-state index contributed by atoms with van der Waals surface area (Å²) in [6, 6.07) is 8.00. The van der Waals surface area contributed by atoms with Gasteiger partial charge in [-0.3, -0.25) is 0 Å². The van der Waals surface area contributed by atoms with Crippen molar-refractivity contribution in [2.24, 2.45) is 0 Å². The van der Waals surface area contributed by atoms with Crippen molar-refractivity contribution in [2.75, 3.05) is 0 Å². The topological polar surface area (TPSA) is 36.9 Å². The molecule has 1 aromatic carbocycles. The molecule has 0 saturated heterocycles. The van der Waals surface area contributed by atoms with Crippen LogP contribution < -0.4 is 0 Å². The van der Waals surface area contributed by atoms with E-state index in [2.05, 4.69) is 6.07 Å². The first kappa shape index (κ1) is 7.88. The third-order valence-electron chi connectivity index (χ3n) is 2.12. The van der Waals surface area contributed by atoms with Gasteiger partial charge in [0.05, 0.1) is 18.8 Å². The number of hydrogen-bond acceptors (Lipinski definition) is 2. The molecule has 0 bridgehead atoms. The molecule has 0 saturated carbocycles. The second-order valence-electron chi connectivity index (χ2n) is 3.08. The Hall–Kier alpha value is -1.75. The van der Waals surface area contributed by atoms with E-state index in [9.17, 15) is 0 Å². The lowest BCUT2D eigenvalue weighted by molar-refractivity contribution is 0.612. The van der Waals surface area contributed by atoms with Gasteiger partial charge in [-0.1, -0.05) is 12.1 Å². The Bertz CT molecular complexity index is 476. The maximum absolute atomic E-state index is 8.52. The van der Waals surface area contributed by atoms with Crippen molar-refractivity contribution in [3.8, 4) is 6.07 Å². The van der Waals surface area contributed by atoms with E-state index in [1.54, 1.807) is 6.26 Å². The van der Waals surface area contributed by atoms with Crippen LogP contribution in [-0.4, -0.2) is 0 Å². The molecule has 1 heterocycles. The van der Waals surface area contributed by atoms with Gasteiger partial charge in [0, 0.05) is 5.39 Å². The number of hydrogen-bond donors (Lipinski definition) is 0. The maximum atomic E-state index is 8.52. The van der Waals surface area contributed by atoms with E-state index in [0.717, 1.165) is 22.1 Å². The van der Waals surface area contributed by atoms with Gasteiger partial charge in [0.2, 0.25) is 0 Å². The van der Waals surface area contributed by atoms with Crippen LogP contribution in [0.25, 0.3) is 11.0 Å². The number of benzene rings is 1. The lowest BCUT2D eigenvalue weighted by Gasteiger charge is -1.93. The van der Waals surface area contributed by atoms with Gasteiger partial charge in [0.1, 0.15) is 5.58 Å². The molecule has 0 amide bonds. The summed E-state index contributed by atoms with van der Waals surface area (Å²) in [5.74, 6) is 0. The third-order valence-corrected chi connectivity index (χ3v) is 2.12. The Morgan fingerprint density at radius 3 is 3.08 bits per heavy atom. The fraction of sp³-hybridized carbons (Fsp3) is 0.182. The fourth-order valence-corrected chi connectivity index (χ4v) is 1.41. The van der Waals surface area contributed by atoms with Crippen molar-refractivity contribution in [1.29, 1.82) is 5.26 Å². The highest BCUT2D eigenvalue weighted by atomic mass is 16.3. The van der Waals surface area contributed by atoms with E-state index in [4.69, 9.17) is 9.68 Å². The van der Waals surface area contributed by atoms with Crippen LogP contribution in [0.5, 0.6) is 0 Å². The second kappa shape index (κ2) is 2.95. The fourth-order valence-electron chi connectivity index (χ4n) is 1.41. The highest BCUT2D eigenvalue weighted by Crippen LogP contribution is 2.21. The van der Waals surface area contributed by atoms with Gasteiger partial charge in [-0.05, 0) is 24.1 Å². The Kier molecular flexibility index (Phi) is 1.79. The summed E-state index contributed by atoms with van der Waals surface area (Å²) in [6.07, 6.45) is 2.18. The summed E-state index contributed by atoms with van der Waals surface area (Å²) < 4.78 is 5.33. The van der Waals surface area contributed by atoms with Crippen LogP contribution in [0.1, 0.15) is 11.1 Å². The molecule has 2 aromatic rings. The summed E-state index contributed by atoms with van der Waals surface area (Å²) >= 11 is 0. The molecule has 13 heavy (non-hydrogen) atoms. The highest BCUT2D eigenvalue weighted by Gasteiger charge is 2.01. The largest absolute Gasteiger partial charge is 0.464 e. The molecule has 64 valence electrons. The molecule has 0 aliphatic rings. The number of furan rings is 1. The first-order valence-corrected chi connectivity index (χ1v) is 4.15. The van der Waals surface area contributed by atoms with Crippen LogP contribution in [0.2, 0.25) is 0 Å². The average Bonchev–Trinajstić information content (AvgIpc) is 2.48. The highest BCUT2D eigenvalue weighted by molar-refractivity contribution is 5.81. The first-order chi connectivity index (χ1) is 6.31. The predicted octanol–water partition coefficient (Wildman–Crippen LogP) is 2.81. The predicted molar refractivity (Wildman–Crippen MR) is 50.3 cm³/mol. The third kappa shape index (κ3) is 1.29. The van der Waals surface area contributed by atoms with Gasteiger partial charge in [-0.2, -0.15) is 5.26 Å². The number of nitrogens with zero attached hydrogens (tertiary/aromatic N) is 1. The summed E-state index contributed by atoms with van der Waals surface area (Å²) in [7, 11) is 0. The minimum absolute atomic E-state index is 0.440. The minimum Gasteiger partial charge on any atom is -0.464 e. The molecular weight excluding hydrogens is 162 g/mol. The minimum atomic E-state index is 0.440. The quantitative estimate of drug-likeness (QED) is 0.661. The van der Waals surface area contributed by atoms with E-state index >= 15 is 0 Å². The Morgan fingerprint density at radius 1 is 1.46 bits per heavy atom. The first-order valence-electron chi connectivity index (χ1n) is 4.15. The molecule has 0 N–H and O–H groups in total. The summed E-state index contributed by atoms with van der Waals surface area (Å²) in [5.41, 5.74) is 3.01. The average molecular weight is 171 g/mol. The normalized spacial score (nSPS) is 10.2. The van der Waals surface area contributed by atoms with Crippen molar-refractivity contribution in [3.63, 3.8) is 0 Å². The Balaban J connectivity index is 2.58. The van der Waals surface area contributed by atoms with Crippen molar-refractivity contribution >= 4 is 11.0 Å². The molecule has 0 aliphatic heterocycles. The summed E-state index contributed by atoms with van der Waals surface area (Å²) in [6.45, 7) is 2.01. The monoisotopic (exact) mass is 171 g/mol. The van der Waals surface area contributed by atoms with Crippen molar-refractivity contribution in [1.82, 2.24) is 0 Å². The molecule has 0 unspecified atom stereocenters. The van der Waals surface area contributed by atoms with Crippen LogP contribution in [-0.2, 0) is 6.42 Å². The number of rotatable bonds is 1. The maximum Gasteiger partial charge on any atom is 0.134 e. The molecule has 0 radical (unpaired) electrons. The number of aryl methyl sites for hydroxylation is 1. The van der Waals surface area contributed by atoms with Crippen molar-refractivity contribution < 1.29 is 4.42 Å². The van der Waals surface area contributed by atoms with Crippen LogP contribution in [0, 0.1) is 18.3 Å². The zero-order valence-corrected chi connectivity index (χ0v) is 7.37. The van der Waals surface area contributed by atoms with E-state index in [1.165, 1.54) is 0 Å². The number of nitriles is 1. The van der Waals surface area contributed by atoms with Crippen LogP contribution in [0.3, 0.4) is 0 Å². The van der Waals surface area contributed by atoms with Crippen molar-refractivity contribution in [3.05, 3.63) is 35.6 Å². The molecule has 2 nitrogen and oxygen atoms in total. The molecule has 0 atom stereocenters. The van der Waals surface area contributed by atoms with Crippen molar-refractivity contribution in [2.45, 2.75) is 13.3 Å². The zero-order chi connectivity index (χ0) is 9.26. The lowest BCUT2D eigenvalue weighted by Crippen LogP contribution is -1.79. The van der Waals surface area contributed by atoms with Gasteiger partial charge < -0.3 is 4.42 Å². The van der Waals surface area contributed by atoms with E-state index in [-0.39, 0.29) is 0 Å². The Labute approximate surface area is 76.4 Å². The van der Waals surface area contributed by atoms with Gasteiger partial charge in [0.15, 0.2) is 0 Å². The second-order valence-corrected chi connectivity index (χ2v) is 3.08. The van der Waals surface area contributed by atoms with E-state index < -0.39 is 0 Å². The Morgan fingerprint density at radius 2 is 2.31 bits per heavy atom. The molecule has 2 rings (SSSR count). The molecule has 1 aromatic heterocycles. The van der Waals surface area contributed by atoms with Gasteiger partial charge in [-0.15, -0.1) is 0 Å². The smallest absolute Gasteiger partial charge is 0.134 e. The molecule has 0 fully saturated rings. The van der Waals surface area contributed by atoms with E-state index in [1.807, 2.05) is 25.1 Å². The molecule has 0 spiro atoms. The standard InChI is InChI=1S/C11H9NO/c1-8-7-13-11-6-9(4-5-12)2-3-10(8)11/h2-3,6-7H,4H2,1H3. The van der Waals surface area contributed by atoms with E-state index in [0.29, 0.717) is 6.42 Å². The van der Waals surface area contributed by atoms with Gasteiger partial charge >= 0.3 is 0 Å². The number of fused-ring (bicyclic) bond motifs is 1. The SMILES string of the molecule is Cc1coc2cc(CC#N)ccc12. The summed E-state index contributed by atoms with van der Waals surface area (Å²) in [5, 5.41) is 9.64. The lowest BCUT2D eigenvalue weighted by atomic mass is 10.1. The van der Waals surface area contributed by atoms with Crippen LogP contribution >= 0.6 is 0 Å². The zero-order valence-electron chi connectivity index (χ0n) is 7.37. The van der Waals surface area contributed by atoms with Gasteiger partial charge in [-0.25, -0.2) is 0 Å². The van der Waals surface area contributed by atoms with Crippen LogP contribution in [0.4, 0.5) is 0 Å². The summed E-state index contributed by atoms with van der Waals surface area (Å²) in [4.78, 5) is 0.